The zero-order valence-corrected chi connectivity index (χ0v) is 18.4. The Bertz CT molecular complexity index is 1450. The minimum absolute atomic E-state index is 0.123. The Balaban J connectivity index is 1.64. The lowest BCUT2D eigenvalue weighted by molar-refractivity contribution is 0.0769. The Morgan fingerprint density at radius 1 is 1.17 bits per heavy atom. The van der Waals surface area contributed by atoms with Gasteiger partial charge in [0.2, 0.25) is 0 Å². The first-order chi connectivity index (χ1) is 16.6. The third-order valence-electron chi connectivity index (χ3n) is 6.64. The number of benzene rings is 2. The van der Waals surface area contributed by atoms with Gasteiger partial charge in [0.05, 0.1) is 13.2 Å². The van der Waals surface area contributed by atoms with Gasteiger partial charge in [0.1, 0.15) is 34.4 Å². The molecule has 186 valence electrons. The molecule has 1 saturated heterocycles. The van der Waals surface area contributed by atoms with Crippen molar-refractivity contribution in [2.75, 3.05) is 25.1 Å². The summed E-state index contributed by atoms with van der Waals surface area (Å²) in [7, 11) is 1.18. The number of aromatic amines is 1. The Morgan fingerprint density at radius 3 is 2.51 bits per heavy atom. The number of aliphatic hydroxyl groups is 1. The summed E-state index contributed by atoms with van der Waals surface area (Å²) in [6, 6.07) is 2.21. The SMILES string of the molecule is COc1c(N2CC(F)C(C(O)c3ccc(F)cc3F)C2)c(F)c(O)c2c(=O)[nH]c(=O)n(C3CC3)c12. The average molecular weight is 495 g/mol. The van der Waals surface area contributed by atoms with Crippen LogP contribution in [0.25, 0.3) is 10.9 Å². The Hall–Kier alpha value is -3.54. The minimum atomic E-state index is -1.76. The highest BCUT2D eigenvalue weighted by atomic mass is 19.1. The van der Waals surface area contributed by atoms with Crippen LogP contribution in [-0.2, 0) is 0 Å². The number of alkyl halides is 1. The van der Waals surface area contributed by atoms with Gasteiger partial charge in [-0.25, -0.2) is 22.4 Å². The van der Waals surface area contributed by atoms with Crippen molar-refractivity contribution in [2.45, 2.75) is 31.2 Å². The number of hydrogen-bond donors (Lipinski definition) is 3. The molecular weight excluding hydrogens is 474 g/mol. The van der Waals surface area contributed by atoms with Crippen molar-refractivity contribution in [1.29, 1.82) is 0 Å². The summed E-state index contributed by atoms with van der Waals surface area (Å²) < 4.78 is 64.6. The highest BCUT2D eigenvalue weighted by molar-refractivity contribution is 5.96. The second-order valence-electron chi connectivity index (χ2n) is 8.82. The quantitative estimate of drug-likeness (QED) is 0.470. The Morgan fingerprint density at radius 2 is 1.89 bits per heavy atom. The van der Waals surface area contributed by atoms with Crippen LogP contribution in [0, 0.1) is 23.4 Å². The normalized spacial score (nSPS) is 21.0. The Labute approximate surface area is 195 Å². The van der Waals surface area contributed by atoms with E-state index in [4.69, 9.17) is 4.74 Å². The summed E-state index contributed by atoms with van der Waals surface area (Å²) in [5, 5.41) is 20.8. The van der Waals surface area contributed by atoms with E-state index in [-0.39, 0.29) is 29.4 Å². The second-order valence-corrected chi connectivity index (χ2v) is 8.82. The van der Waals surface area contributed by atoms with Gasteiger partial charge in [-0.2, -0.15) is 0 Å². The third kappa shape index (κ3) is 3.63. The molecule has 1 aliphatic heterocycles. The number of phenolic OH excluding ortho intramolecular Hbond substituents is 1. The number of nitrogens with zero attached hydrogens (tertiary/aromatic N) is 2. The van der Waals surface area contributed by atoms with Gasteiger partial charge in [-0.3, -0.25) is 14.3 Å². The fourth-order valence-electron chi connectivity index (χ4n) is 4.82. The van der Waals surface area contributed by atoms with Crippen molar-refractivity contribution in [2.24, 2.45) is 5.92 Å². The van der Waals surface area contributed by atoms with Gasteiger partial charge in [0, 0.05) is 36.7 Å². The molecule has 2 aliphatic rings. The molecule has 35 heavy (non-hydrogen) atoms. The molecule has 0 amide bonds. The summed E-state index contributed by atoms with van der Waals surface area (Å²) in [5.74, 6) is -5.70. The number of phenols is 1. The molecule has 8 nitrogen and oxygen atoms in total. The fourth-order valence-corrected chi connectivity index (χ4v) is 4.82. The van der Waals surface area contributed by atoms with Crippen LogP contribution in [0.2, 0.25) is 0 Å². The van der Waals surface area contributed by atoms with E-state index in [1.54, 1.807) is 0 Å². The summed E-state index contributed by atoms with van der Waals surface area (Å²) in [4.78, 5) is 28.2. The maximum absolute atomic E-state index is 15.4. The number of aromatic nitrogens is 2. The van der Waals surface area contributed by atoms with Crippen LogP contribution in [0.1, 0.15) is 30.6 Å². The monoisotopic (exact) mass is 495 g/mol. The number of rotatable bonds is 5. The van der Waals surface area contributed by atoms with Crippen molar-refractivity contribution >= 4 is 16.6 Å². The smallest absolute Gasteiger partial charge is 0.329 e. The first-order valence-electron chi connectivity index (χ1n) is 10.9. The van der Waals surface area contributed by atoms with Crippen molar-refractivity contribution in [3.8, 4) is 11.5 Å². The molecule has 1 saturated carbocycles. The molecule has 3 unspecified atom stereocenters. The van der Waals surface area contributed by atoms with Crippen molar-refractivity contribution < 1.29 is 32.5 Å². The number of halogens is 4. The molecule has 1 aromatic heterocycles. The molecule has 0 bridgehead atoms. The van der Waals surface area contributed by atoms with E-state index in [1.807, 2.05) is 0 Å². The van der Waals surface area contributed by atoms with Crippen LogP contribution in [0.5, 0.6) is 11.5 Å². The van der Waals surface area contributed by atoms with Gasteiger partial charge >= 0.3 is 5.69 Å². The first kappa shape index (κ1) is 23.2. The van der Waals surface area contributed by atoms with Gasteiger partial charge in [-0.1, -0.05) is 6.07 Å². The van der Waals surface area contributed by atoms with Crippen LogP contribution < -0.4 is 20.9 Å². The maximum Gasteiger partial charge on any atom is 0.329 e. The van der Waals surface area contributed by atoms with E-state index < -0.39 is 70.3 Å². The molecule has 12 heteroatoms. The van der Waals surface area contributed by atoms with Crippen LogP contribution in [0.3, 0.4) is 0 Å². The van der Waals surface area contributed by atoms with Crippen molar-refractivity contribution in [1.82, 2.24) is 9.55 Å². The van der Waals surface area contributed by atoms with Gasteiger partial charge in [0.15, 0.2) is 17.3 Å². The molecule has 3 aromatic rings. The number of H-pyrrole nitrogens is 1. The van der Waals surface area contributed by atoms with E-state index in [0.29, 0.717) is 18.9 Å². The van der Waals surface area contributed by atoms with E-state index >= 15 is 8.78 Å². The molecule has 3 atom stereocenters. The van der Waals surface area contributed by atoms with Crippen LogP contribution in [0.4, 0.5) is 23.2 Å². The predicted molar refractivity (Wildman–Crippen MR) is 117 cm³/mol. The van der Waals surface area contributed by atoms with E-state index in [2.05, 4.69) is 4.98 Å². The Kier molecular flexibility index (Phi) is 5.50. The van der Waals surface area contributed by atoms with Crippen LogP contribution >= 0.6 is 0 Å². The summed E-state index contributed by atoms with van der Waals surface area (Å²) in [6.07, 6.45) is -2.20. The number of nitrogens with one attached hydrogen (secondary N) is 1. The zero-order valence-electron chi connectivity index (χ0n) is 18.4. The van der Waals surface area contributed by atoms with E-state index in [0.717, 1.165) is 17.0 Å². The predicted octanol–water partition coefficient (Wildman–Crippen LogP) is 2.66. The lowest BCUT2D eigenvalue weighted by Gasteiger charge is -2.25. The number of hydrogen-bond acceptors (Lipinski definition) is 6. The average Bonchev–Trinajstić information content (AvgIpc) is 3.56. The molecule has 2 heterocycles. The molecular formula is C23H21F4N3O5. The minimum Gasteiger partial charge on any atom is -0.504 e. The second kappa shape index (κ2) is 8.29. The lowest BCUT2D eigenvalue weighted by Crippen LogP contribution is -2.31. The number of aromatic hydroxyl groups is 1. The van der Waals surface area contributed by atoms with Crippen LogP contribution in [0.15, 0.2) is 27.8 Å². The van der Waals surface area contributed by atoms with Gasteiger partial charge < -0.3 is 19.8 Å². The first-order valence-corrected chi connectivity index (χ1v) is 10.9. The number of anilines is 1. The fraction of sp³-hybridized carbons (Fsp3) is 0.391. The number of methoxy groups -OCH3 is 1. The van der Waals surface area contributed by atoms with Crippen LogP contribution in [-0.4, -0.2) is 46.1 Å². The molecule has 1 aliphatic carbocycles. The standard InChI is InChI=1S/C23H21F4N3O5/c1-35-21-17-15(22(33)28-23(34)30(17)10-3-4-10)20(32)16(27)18(21)29-7-12(14(26)8-29)19(31)11-5-2-9(24)6-13(11)25/h2,5-6,10,12,14,19,31-32H,3-4,7-8H2,1H3,(H,28,33,34). The van der Waals surface area contributed by atoms with Crippen molar-refractivity contribution in [3.63, 3.8) is 0 Å². The van der Waals surface area contributed by atoms with Gasteiger partial charge in [-0.15, -0.1) is 0 Å². The lowest BCUT2D eigenvalue weighted by atomic mass is 9.93. The third-order valence-corrected chi connectivity index (χ3v) is 6.64. The highest BCUT2D eigenvalue weighted by Crippen LogP contribution is 2.48. The molecule has 0 spiro atoms. The highest BCUT2D eigenvalue weighted by Gasteiger charge is 2.42. The molecule has 5 rings (SSSR count). The van der Waals surface area contributed by atoms with Gasteiger partial charge in [0.25, 0.3) is 5.56 Å². The van der Waals surface area contributed by atoms with E-state index in [9.17, 15) is 28.6 Å². The molecule has 2 aromatic carbocycles. The molecule has 0 radical (unpaired) electrons. The molecule has 3 N–H and O–H groups in total. The zero-order chi connectivity index (χ0) is 25.2. The number of aliphatic hydroxyl groups excluding tert-OH is 1. The van der Waals surface area contributed by atoms with Gasteiger partial charge in [-0.05, 0) is 18.9 Å². The topological polar surface area (TPSA) is 108 Å². The summed E-state index contributed by atoms with van der Waals surface area (Å²) >= 11 is 0. The summed E-state index contributed by atoms with van der Waals surface area (Å²) in [5.41, 5.74) is -2.60. The maximum atomic E-state index is 15.4. The molecule has 2 fully saturated rings. The number of fused-ring (bicyclic) bond motifs is 1. The van der Waals surface area contributed by atoms with E-state index in [1.165, 1.54) is 11.7 Å². The summed E-state index contributed by atoms with van der Waals surface area (Å²) in [6.45, 7) is -0.784. The number of ether oxygens (including phenoxy) is 1. The largest absolute Gasteiger partial charge is 0.504 e. The van der Waals surface area contributed by atoms with Crippen molar-refractivity contribution in [3.05, 3.63) is 62.1 Å².